The van der Waals surface area contributed by atoms with E-state index in [-0.39, 0.29) is 11.8 Å². The fourth-order valence-electron chi connectivity index (χ4n) is 2.59. The van der Waals surface area contributed by atoms with Gasteiger partial charge in [0.15, 0.2) is 0 Å². The lowest BCUT2D eigenvalue weighted by Crippen LogP contribution is -2.43. The Hall–Kier alpha value is -0.920. The first-order chi connectivity index (χ1) is 9.88. The highest BCUT2D eigenvalue weighted by Crippen LogP contribution is 2.21. The van der Waals surface area contributed by atoms with E-state index in [0.717, 1.165) is 6.42 Å². The Morgan fingerprint density at radius 3 is 2.62 bits per heavy atom. The molecule has 0 spiro atoms. The number of rotatable bonds is 5. The zero-order chi connectivity index (χ0) is 15.5. The molecule has 7 heteroatoms. The largest absolute Gasteiger partial charge is 0.345 e. The predicted molar refractivity (Wildman–Crippen MR) is 84.8 cm³/mol. The minimum Gasteiger partial charge on any atom is -0.345 e. The summed E-state index contributed by atoms with van der Waals surface area (Å²) in [5.74, 6) is 0.0936. The number of hydrogen-bond donors (Lipinski definition) is 0. The van der Waals surface area contributed by atoms with Gasteiger partial charge >= 0.3 is 0 Å². The first-order valence-electron chi connectivity index (χ1n) is 7.10. The van der Waals surface area contributed by atoms with Crippen LogP contribution < -0.4 is 0 Å². The number of nitrogens with zero attached hydrogens (tertiary/aromatic N) is 2. The molecular formula is C14H22N2O3S2. The molecule has 0 radical (unpaired) electrons. The van der Waals surface area contributed by atoms with Crippen molar-refractivity contribution in [1.82, 2.24) is 9.21 Å². The third-order valence-electron chi connectivity index (χ3n) is 3.92. The van der Waals surface area contributed by atoms with Crippen molar-refractivity contribution in [3.05, 3.63) is 22.4 Å². The van der Waals surface area contributed by atoms with E-state index < -0.39 is 10.0 Å². The molecule has 2 rings (SSSR count). The van der Waals surface area contributed by atoms with Gasteiger partial charge in [0.05, 0.1) is 6.26 Å². The van der Waals surface area contributed by atoms with Crippen molar-refractivity contribution < 1.29 is 13.2 Å². The molecule has 5 nitrogen and oxygen atoms in total. The summed E-state index contributed by atoms with van der Waals surface area (Å²) in [5, 5.41) is 2.04. The van der Waals surface area contributed by atoms with E-state index in [2.05, 4.69) is 6.07 Å². The molecule has 21 heavy (non-hydrogen) atoms. The van der Waals surface area contributed by atoms with Gasteiger partial charge in [0, 0.05) is 37.5 Å². The van der Waals surface area contributed by atoms with Crippen LogP contribution in [0.3, 0.4) is 0 Å². The summed E-state index contributed by atoms with van der Waals surface area (Å²) in [6, 6.07) is 4.09. The van der Waals surface area contributed by atoms with Gasteiger partial charge in [-0.3, -0.25) is 4.79 Å². The highest BCUT2D eigenvalue weighted by molar-refractivity contribution is 7.88. The summed E-state index contributed by atoms with van der Waals surface area (Å²) in [6.07, 6.45) is 3.34. The van der Waals surface area contributed by atoms with Crippen molar-refractivity contribution >= 4 is 27.3 Å². The molecule has 1 aliphatic heterocycles. The van der Waals surface area contributed by atoms with Crippen LogP contribution in [0.4, 0.5) is 0 Å². The predicted octanol–water partition coefficient (Wildman–Crippen LogP) is 1.42. The number of carbonyl (C=O) groups excluding carboxylic acids is 1. The van der Waals surface area contributed by atoms with E-state index in [1.807, 2.05) is 18.5 Å². The molecule has 0 N–H and O–H groups in total. The number of thiophene rings is 1. The number of amides is 1. The third-order valence-corrected chi connectivity index (χ3v) is 6.16. The Labute approximate surface area is 130 Å². The monoisotopic (exact) mass is 330 g/mol. The second kappa shape index (κ2) is 6.89. The molecule has 1 aliphatic rings. The average Bonchev–Trinajstić information content (AvgIpc) is 2.96. The first-order valence-corrected chi connectivity index (χ1v) is 9.83. The molecular weight excluding hydrogens is 308 g/mol. The van der Waals surface area contributed by atoms with E-state index in [9.17, 15) is 13.2 Å². The maximum Gasteiger partial charge on any atom is 0.225 e. The molecule has 0 aliphatic carbocycles. The minimum absolute atomic E-state index is 0.0451. The lowest BCUT2D eigenvalue weighted by molar-refractivity contribution is -0.135. The number of sulfonamides is 1. The van der Waals surface area contributed by atoms with Crippen LogP contribution in [0.15, 0.2) is 17.5 Å². The maximum absolute atomic E-state index is 12.4. The Bertz CT molecular complexity index is 561. The van der Waals surface area contributed by atoms with Crippen molar-refractivity contribution in [2.75, 3.05) is 32.9 Å². The number of carbonyl (C=O) groups is 1. The molecule has 0 unspecified atom stereocenters. The van der Waals surface area contributed by atoms with E-state index in [4.69, 9.17) is 0 Å². The van der Waals surface area contributed by atoms with E-state index in [1.165, 1.54) is 15.4 Å². The van der Waals surface area contributed by atoms with Crippen LogP contribution in [0.1, 0.15) is 17.7 Å². The Kier molecular flexibility index (Phi) is 5.40. The zero-order valence-electron chi connectivity index (χ0n) is 12.5. The number of piperidine rings is 1. The van der Waals surface area contributed by atoms with Crippen LogP contribution in [-0.2, 0) is 21.2 Å². The average molecular weight is 330 g/mol. The lowest BCUT2D eigenvalue weighted by atomic mass is 9.96. The molecule has 1 amide bonds. The van der Waals surface area contributed by atoms with Gasteiger partial charge in [-0.05, 0) is 30.7 Å². The molecule has 2 heterocycles. The fraction of sp³-hybridized carbons (Fsp3) is 0.643. The van der Waals surface area contributed by atoms with Crippen LogP contribution in [0.5, 0.6) is 0 Å². The van der Waals surface area contributed by atoms with Crippen LogP contribution >= 0.6 is 11.3 Å². The standard InChI is InChI=1S/C14H22N2O3S2/c1-15(8-7-13-4-3-11-20-13)14(17)12-5-9-16(10-6-12)21(2,18)19/h3-4,11-12H,5-10H2,1-2H3. The third kappa shape index (κ3) is 4.52. The Morgan fingerprint density at radius 2 is 2.10 bits per heavy atom. The number of likely N-dealkylation sites (N-methyl/N-ethyl adjacent to an activating group) is 1. The normalized spacial score (nSPS) is 17.8. The van der Waals surface area contributed by atoms with Gasteiger partial charge < -0.3 is 4.90 Å². The van der Waals surface area contributed by atoms with E-state index in [0.29, 0.717) is 32.5 Å². The van der Waals surface area contributed by atoms with Crippen LogP contribution in [0.2, 0.25) is 0 Å². The first kappa shape index (κ1) is 16.5. The fourth-order valence-corrected chi connectivity index (χ4v) is 4.16. The Balaban J connectivity index is 1.81. The minimum atomic E-state index is -3.13. The molecule has 1 saturated heterocycles. The quantitative estimate of drug-likeness (QED) is 0.820. The smallest absolute Gasteiger partial charge is 0.225 e. The topological polar surface area (TPSA) is 57.7 Å². The van der Waals surface area contributed by atoms with Gasteiger partial charge in [-0.25, -0.2) is 12.7 Å². The van der Waals surface area contributed by atoms with Crippen molar-refractivity contribution in [2.24, 2.45) is 5.92 Å². The summed E-state index contributed by atoms with van der Waals surface area (Å²) >= 11 is 1.70. The molecule has 1 fully saturated rings. The Morgan fingerprint density at radius 1 is 1.43 bits per heavy atom. The van der Waals surface area contributed by atoms with Crippen molar-refractivity contribution in [1.29, 1.82) is 0 Å². The highest BCUT2D eigenvalue weighted by Gasteiger charge is 2.30. The van der Waals surface area contributed by atoms with Gasteiger partial charge in [-0.2, -0.15) is 0 Å². The van der Waals surface area contributed by atoms with Gasteiger partial charge in [0.25, 0.3) is 0 Å². The molecule has 1 aromatic rings. The molecule has 0 bridgehead atoms. The van der Waals surface area contributed by atoms with Gasteiger partial charge in [-0.1, -0.05) is 6.07 Å². The van der Waals surface area contributed by atoms with Crippen molar-refractivity contribution in [3.8, 4) is 0 Å². The molecule has 1 aromatic heterocycles. The summed E-state index contributed by atoms with van der Waals surface area (Å²) < 4.78 is 24.4. The molecule has 0 aromatic carbocycles. The summed E-state index contributed by atoms with van der Waals surface area (Å²) in [6.45, 7) is 1.62. The van der Waals surface area contributed by atoms with E-state index in [1.54, 1.807) is 16.2 Å². The molecule has 0 atom stereocenters. The summed E-state index contributed by atoms with van der Waals surface area (Å²) in [5.41, 5.74) is 0. The molecule has 118 valence electrons. The summed E-state index contributed by atoms with van der Waals surface area (Å²) in [7, 11) is -1.29. The van der Waals surface area contributed by atoms with Crippen molar-refractivity contribution in [2.45, 2.75) is 19.3 Å². The van der Waals surface area contributed by atoms with Crippen molar-refractivity contribution in [3.63, 3.8) is 0 Å². The second-order valence-electron chi connectivity index (χ2n) is 5.53. The van der Waals surface area contributed by atoms with E-state index >= 15 is 0 Å². The number of hydrogen-bond acceptors (Lipinski definition) is 4. The van der Waals surface area contributed by atoms with Crippen LogP contribution in [-0.4, -0.2) is 56.5 Å². The van der Waals surface area contributed by atoms with Crippen LogP contribution in [0.25, 0.3) is 0 Å². The summed E-state index contributed by atoms with van der Waals surface area (Å²) in [4.78, 5) is 15.4. The van der Waals surface area contributed by atoms with Gasteiger partial charge in [0.2, 0.25) is 15.9 Å². The zero-order valence-corrected chi connectivity index (χ0v) is 14.1. The van der Waals surface area contributed by atoms with Gasteiger partial charge in [-0.15, -0.1) is 11.3 Å². The highest BCUT2D eigenvalue weighted by atomic mass is 32.2. The molecule has 0 saturated carbocycles. The maximum atomic E-state index is 12.4. The van der Waals surface area contributed by atoms with Crippen LogP contribution in [0, 0.1) is 5.92 Å². The SMILES string of the molecule is CN(CCc1cccs1)C(=O)C1CCN(S(C)(=O)=O)CC1. The van der Waals surface area contributed by atoms with Gasteiger partial charge in [0.1, 0.15) is 0 Å². The second-order valence-corrected chi connectivity index (χ2v) is 8.54. The lowest BCUT2D eigenvalue weighted by Gasteiger charge is -2.31.